The number of carbonyl (C=O) groups excluding carboxylic acids is 1. The van der Waals surface area contributed by atoms with Gasteiger partial charge in [0.25, 0.3) is 11.8 Å². The van der Waals surface area contributed by atoms with E-state index in [0.717, 1.165) is 69.0 Å². The molecule has 244 valence electrons. The summed E-state index contributed by atoms with van der Waals surface area (Å²) in [7, 11) is 0. The second-order valence-corrected chi connectivity index (χ2v) is 14.9. The molecule has 5 aromatic heterocycles. The van der Waals surface area contributed by atoms with Crippen molar-refractivity contribution < 1.29 is 13.6 Å². The Bertz CT molecular complexity index is 2420. The summed E-state index contributed by atoms with van der Waals surface area (Å²) in [6.45, 7) is 0.707. The molecule has 13 heteroatoms. The topological polar surface area (TPSA) is 130 Å². The van der Waals surface area contributed by atoms with Crippen molar-refractivity contribution in [2.45, 2.75) is 50.1 Å². The summed E-state index contributed by atoms with van der Waals surface area (Å²) in [5.41, 5.74) is 5.81. The molecule has 1 saturated carbocycles. The number of H-pyrrole nitrogens is 1. The Morgan fingerprint density at radius 1 is 1.08 bits per heavy atom. The van der Waals surface area contributed by atoms with Gasteiger partial charge in [-0.1, -0.05) is 23.7 Å². The second kappa shape index (κ2) is 10.5. The molecule has 2 N–H and O–H groups in total. The number of fused-ring (bicyclic) bond motifs is 3. The van der Waals surface area contributed by atoms with Crippen molar-refractivity contribution in [2.24, 2.45) is 5.92 Å². The first-order chi connectivity index (χ1) is 23.8. The molecule has 8 heterocycles. The van der Waals surface area contributed by atoms with E-state index in [2.05, 4.69) is 26.6 Å². The van der Waals surface area contributed by atoms with Crippen LogP contribution in [-0.4, -0.2) is 42.5 Å². The van der Waals surface area contributed by atoms with Gasteiger partial charge in [0.05, 0.1) is 49.5 Å². The zero-order valence-electron chi connectivity index (χ0n) is 25.9. The Labute approximate surface area is 287 Å². The summed E-state index contributed by atoms with van der Waals surface area (Å²) in [5, 5.41) is 11.9. The SMILES string of the molecule is O=C1c2c(nc(CCc3ccc(F)cc3)c(-c3n[nH]c(=O)o3)c2-c2cc3ccnc(N[C@H]4CCc5cc(Cl)cnc54)c3s2)C23CC(CN12)C3. The average molecular weight is 692 g/mol. The van der Waals surface area contributed by atoms with Gasteiger partial charge in [0, 0.05) is 29.4 Å². The van der Waals surface area contributed by atoms with E-state index in [0.29, 0.717) is 52.7 Å². The van der Waals surface area contributed by atoms with Gasteiger partial charge in [-0.05, 0) is 91.3 Å². The third kappa shape index (κ3) is 4.36. The molecule has 1 spiro atoms. The molecule has 3 fully saturated rings. The largest absolute Gasteiger partial charge is 0.434 e. The Balaban J connectivity index is 1.15. The summed E-state index contributed by atoms with van der Waals surface area (Å²) in [6, 6.07) is 12.4. The number of aromatic amines is 1. The third-order valence-corrected chi connectivity index (χ3v) is 12.0. The maximum absolute atomic E-state index is 14.4. The fourth-order valence-electron chi connectivity index (χ4n) is 8.44. The van der Waals surface area contributed by atoms with Crippen LogP contribution in [0.15, 0.2) is 64.1 Å². The highest BCUT2D eigenvalue weighted by atomic mass is 35.5. The van der Waals surface area contributed by atoms with Gasteiger partial charge < -0.3 is 14.6 Å². The molecule has 10 nitrogen and oxygen atoms in total. The van der Waals surface area contributed by atoms with Crippen molar-refractivity contribution in [3.8, 4) is 21.9 Å². The van der Waals surface area contributed by atoms with E-state index in [1.165, 1.54) is 23.5 Å². The fourth-order valence-corrected chi connectivity index (χ4v) is 9.78. The number of halogens is 2. The number of nitrogens with one attached hydrogen (secondary N) is 2. The smallest absolute Gasteiger partial charge is 0.388 e. The maximum atomic E-state index is 14.4. The first-order valence-corrected chi connectivity index (χ1v) is 17.5. The fraction of sp³-hybridized carbons (Fsp3) is 0.278. The quantitative estimate of drug-likeness (QED) is 0.186. The maximum Gasteiger partial charge on any atom is 0.434 e. The predicted molar refractivity (Wildman–Crippen MR) is 182 cm³/mol. The van der Waals surface area contributed by atoms with Crippen LogP contribution in [0, 0.1) is 11.7 Å². The van der Waals surface area contributed by atoms with E-state index in [1.807, 2.05) is 17.0 Å². The first kappa shape index (κ1) is 29.0. The van der Waals surface area contributed by atoms with Crippen molar-refractivity contribution in [3.05, 3.63) is 110 Å². The monoisotopic (exact) mass is 691 g/mol. The minimum atomic E-state index is -0.697. The van der Waals surface area contributed by atoms with Crippen molar-refractivity contribution in [1.82, 2.24) is 30.0 Å². The van der Waals surface area contributed by atoms with Gasteiger partial charge in [-0.15, -0.1) is 16.4 Å². The molecule has 3 aliphatic heterocycles. The molecule has 5 aliphatic rings. The molecule has 2 aliphatic carbocycles. The number of amides is 1. The summed E-state index contributed by atoms with van der Waals surface area (Å²) >= 11 is 7.75. The third-order valence-electron chi connectivity index (χ3n) is 10.6. The summed E-state index contributed by atoms with van der Waals surface area (Å²) < 4.78 is 20.3. The number of carbonyl (C=O) groups is 1. The molecular weight excluding hydrogens is 665 g/mol. The van der Waals surface area contributed by atoms with Gasteiger partial charge >= 0.3 is 5.76 Å². The number of nitrogens with zero attached hydrogens (tertiary/aromatic N) is 5. The molecule has 0 unspecified atom stereocenters. The van der Waals surface area contributed by atoms with Gasteiger partial charge in [-0.3, -0.25) is 14.8 Å². The van der Waals surface area contributed by atoms with Crippen LogP contribution in [0.3, 0.4) is 0 Å². The van der Waals surface area contributed by atoms with Gasteiger partial charge in [0.1, 0.15) is 11.6 Å². The number of rotatable bonds is 7. The van der Waals surface area contributed by atoms with Gasteiger partial charge in [-0.25, -0.2) is 19.3 Å². The number of hydrogen-bond donors (Lipinski definition) is 2. The number of benzene rings is 1. The molecule has 2 bridgehead atoms. The van der Waals surface area contributed by atoms with E-state index >= 15 is 0 Å². The molecule has 1 atom stereocenters. The number of anilines is 1. The second-order valence-electron chi connectivity index (χ2n) is 13.4. The average Bonchev–Trinajstić information content (AvgIpc) is 3.93. The molecule has 1 amide bonds. The lowest BCUT2D eigenvalue weighted by atomic mass is 9.71. The van der Waals surface area contributed by atoms with Crippen molar-refractivity contribution in [1.29, 1.82) is 0 Å². The van der Waals surface area contributed by atoms with E-state index < -0.39 is 11.3 Å². The minimum absolute atomic E-state index is 0.0209. The normalized spacial score (nSPS) is 21.6. The van der Waals surface area contributed by atoms with E-state index in [1.54, 1.807) is 24.5 Å². The number of pyridine rings is 3. The lowest BCUT2D eigenvalue weighted by Crippen LogP contribution is -2.40. The van der Waals surface area contributed by atoms with Crippen molar-refractivity contribution in [3.63, 3.8) is 0 Å². The number of hydrogen-bond acceptors (Lipinski definition) is 9. The number of aryl methyl sites for hydroxylation is 3. The highest BCUT2D eigenvalue weighted by Crippen LogP contribution is 2.63. The van der Waals surface area contributed by atoms with Gasteiger partial charge in [-0.2, -0.15) is 0 Å². The Morgan fingerprint density at radius 3 is 2.76 bits per heavy atom. The Hall–Kier alpha value is -4.94. The van der Waals surface area contributed by atoms with Crippen LogP contribution < -0.4 is 11.1 Å². The zero-order chi connectivity index (χ0) is 33.0. The zero-order valence-corrected chi connectivity index (χ0v) is 27.5. The number of aromatic nitrogens is 5. The molecule has 6 aromatic rings. The summed E-state index contributed by atoms with van der Waals surface area (Å²) in [6.07, 6.45) is 7.99. The van der Waals surface area contributed by atoms with Gasteiger partial charge in [0.2, 0.25) is 0 Å². The van der Waals surface area contributed by atoms with Crippen molar-refractivity contribution in [2.75, 3.05) is 11.9 Å². The van der Waals surface area contributed by atoms with Crippen molar-refractivity contribution >= 4 is 44.7 Å². The molecule has 2 saturated heterocycles. The molecule has 49 heavy (non-hydrogen) atoms. The minimum Gasteiger partial charge on any atom is -0.388 e. The van der Waals surface area contributed by atoms with Crippen LogP contribution in [0.4, 0.5) is 10.2 Å². The summed E-state index contributed by atoms with van der Waals surface area (Å²) in [5.74, 6) is 0.231. The van der Waals surface area contributed by atoms with Crippen LogP contribution in [0.1, 0.15) is 63.9 Å². The first-order valence-electron chi connectivity index (χ1n) is 16.3. The molecular formula is C36H27ClFN7O3S. The van der Waals surface area contributed by atoms with Crippen LogP contribution in [0.25, 0.3) is 32.0 Å². The van der Waals surface area contributed by atoms with Crippen LogP contribution in [0.5, 0.6) is 0 Å². The Kier molecular flexibility index (Phi) is 6.23. The number of thiophene rings is 1. The van der Waals surface area contributed by atoms with E-state index in [9.17, 15) is 14.0 Å². The molecule has 1 aromatic carbocycles. The highest BCUT2D eigenvalue weighted by Gasteiger charge is 2.65. The predicted octanol–water partition coefficient (Wildman–Crippen LogP) is 6.85. The highest BCUT2D eigenvalue weighted by molar-refractivity contribution is 7.23. The van der Waals surface area contributed by atoms with Gasteiger partial charge in [0.15, 0.2) is 0 Å². The molecule has 11 rings (SSSR count). The van der Waals surface area contributed by atoms with Crippen LogP contribution >= 0.6 is 22.9 Å². The van der Waals surface area contributed by atoms with Crippen LogP contribution in [-0.2, 0) is 24.8 Å². The molecule has 0 radical (unpaired) electrons. The summed E-state index contributed by atoms with van der Waals surface area (Å²) in [4.78, 5) is 44.1. The lowest BCUT2D eigenvalue weighted by molar-refractivity contribution is 0.0637. The van der Waals surface area contributed by atoms with E-state index in [4.69, 9.17) is 26.0 Å². The van der Waals surface area contributed by atoms with E-state index in [-0.39, 0.29) is 23.7 Å². The standard InChI is InChI=1S/C36H27ClFN7O3S/c37-21-11-19-4-8-24(29(19)40-15-21)42-32-30-20(9-10-39-32)12-25(49-30)27-26(33-43-44-35(47)48-33)23(7-3-17-1-5-22(38)6-2-17)41-31-28(27)34(46)45-16-18-13-36(31,45)14-18/h1-2,5-6,9-12,15,18,24H,3-4,7-8,13-14,16H2,(H,39,42)(H,44,47)/t18?,24-,36?/m0/s1. The Morgan fingerprint density at radius 2 is 1.94 bits per heavy atom. The lowest BCUT2D eigenvalue weighted by Gasteiger charge is -2.37. The van der Waals surface area contributed by atoms with Crippen LogP contribution in [0.2, 0.25) is 5.02 Å².